The van der Waals surface area contributed by atoms with Crippen molar-refractivity contribution in [2.45, 2.75) is 12.6 Å². The first-order chi connectivity index (χ1) is 13.3. The molecule has 1 aliphatic heterocycles. The highest BCUT2D eigenvalue weighted by atomic mass is 16.7. The molecule has 1 N–H and O–H groups in total. The quantitative estimate of drug-likeness (QED) is 0.759. The van der Waals surface area contributed by atoms with Crippen LogP contribution in [0.2, 0.25) is 0 Å². The van der Waals surface area contributed by atoms with E-state index in [1.165, 1.54) is 0 Å². The lowest BCUT2D eigenvalue weighted by molar-refractivity contribution is -0.128. The molecule has 0 saturated carbocycles. The Balaban J connectivity index is 1.60. The number of rotatable bonds is 5. The van der Waals surface area contributed by atoms with Crippen molar-refractivity contribution >= 4 is 17.3 Å². The predicted molar refractivity (Wildman–Crippen MR) is 104 cm³/mol. The van der Waals surface area contributed by atoms with Gasteiger partial charge in [0.15, 0.2) is 6.10 Å². The number of amides is 1. The van der Waals surface area contributed by atoms with Gasteiger partial charge in [0.2, 0.25) is 0 Å². The summed E-state index contributed by atoms with van der Waals surface area (Å²) in [6, 6.07) is 23.3. The fourth-order valence-corrected chi connectivity index (χ4v) is 2.97. The van der Waals surface area contributed by atoms with Crippen molar-refractivity contribution in [2.75, 3.05) is 4.90 Å². The average Bonchev–Trinajstić information content (AvgIpc) is 3.24. The minimum atomic E-state index is -0.705. The maximum absolute atomic E-state index is 13.2. The lowest BCUT2D eigenvalue weighted by Gasteiger charge is -2.24. The second-order valence-corrected chi connectivity index (χ2v) is 6.21. The number of hydroxylamine groups is 1. The van der Waals surface area contributed by atoms with Crippen LogP contribution in [-0.4, -0.2) is 17.0 Å². The first kappa shape index (κ1) is 17.0. The molecule has 5 nitrogen and oxygen atoms in total. The van der Waals surface area contributed by atoms with Gasteiger partial charge in [0, 0.05) is 23.6 Å². The molecule has 1 aliphatic rings. The highest BCUT2D eigenvalue weighted by Gasteiger charge is 2.30. The van der Waals surface area contributed by atoms with E-state index in [0.29, 0.717) is 6.54 Å². The Morgan fingerprint density at radius 1 is 1.00 bits per heavy atom. The zero-order valence-corrected chi connectivity index (χ0v) is 14.7. The average molecular weight is 357 g/mol. The van der Waals surface area contributed by atoms with Gasteiger partial charge in [-0.3, -0.25) is 20.1 Å². The molecule has 134 valence electrons. The maximum Gasteiger partial charge on any atom is 0.263 e. The van der Waals surface area contributed by atoms with Crippen LogP contribution in [0.4, 0.5) is 5.69 Å². The van der Waals surface area contributed by atoms with E-state index in [4.69, 9.17) is 4.84 Å². The smallest absolute Gasteiger partial charge is 0.263 e. The summed E-state index contributed by atoms with van der Waals surface area (Å²) in [5.74, 6) is -0.128. The molecule has 4 rings (SSSR count). The highest BCUT2D eigenvalue weighted by molar-refractivity contribution is 5.99. The first-order valence-electron chi connectivity index (χ1n) is 8.75. The van der Waals surface area contributed by atoms with Crippen LogP contribution in [0.25, 0.3) is 5.70 Å². The van der Waals surface area contributed by atoms with Gasteiger partial charge >= 0.3 is 0 Å². The maximum atomic E-state index is 13.2. The van der Waals surface area contributed by atoms with E-state index in [-0.39, 0.29) is 5.91 Å². The molecule has 0 spiro atoms. The van der Waals surface area contributed by atoms with Crippen molar-refractivity contribution in [1.29, 1.82) is 0 Å². The molecular formula is C22H19N3O2. The van der Waals surface area contributed by atoms with Gasteiger partial charge in [0.25, 0.3) is 5.91 Å². The van der Waals surface area contributed by atoms with E-state index in [0.717, 1.165) is 22.5 Å². The van der Waals surface area contributed by atoms with Crippen molar-refractivity contribution in [3.63, 3.8) is 0 Å². The molecule has 1 atom stereocenters. The lowest BCUT2D eigenvalue weighted by atomic mass is 10.1. The SMILES string of the molecule is O=C(C1C=C(c2cccnc2)NO1)N(Cc1ccccc1)c1ccccc1. The zero-order valence-electron chi connectivity index (χ0n) is 14.7. The Morgan fingerprint density at radius 3 is 2.44 bits per heavy atom. The third-order valence-electron chi connectivity index (χ3n) is 4.35. The number of aromatic nitrogens is 1. The second-order valence-electron chi connectivity index (χ2n) is 6.21. The Bertz CT molecular complexity index is 928. The summed E-state index contributed by atoms with van der Waals surface area (Å²) >= 11 is 0. The summed E-state index contributed by atoms with van der Waals surface area (Å²) in [7, 11) is 0. The van der Waals surface area contributed by atoms with Gasteiger partial charge in [0.1, 0.15) is 0 Å². The number of benzene rings is 2. The fourth-order valence-electron chi connectivity index (χ4n) is 2.97. The van der Waals surface area contributed by atoms with E-state index < -0.39 is 6.10 Å². The molecule has 0 aliphatic carbocycles. The Hall–Kier alpha value is -3.44. The number of nitrogens with zero attached hydrogens (tertiary/aromatic N) is 2. The van der Waals surface area contributed by atoms with Gasteiger partial charge in [0.05, 0.1) is 12.2 Å². The molecule has 27 heavy (non-hydrogen) atoms. The summed E-state index contributed by atoms with van der Waals surface area (Å²) < 4.78 is 0. The van der Waals surface area contributed by atoms with Crippen LogP contribution in [0.5, 0.6) is 0 Å². The monoisotopic (exact) mass is 357 g/mol. The molecule has 1 amide bonds. The van der Waals surface area contributed by atoms with Crippen molar-refractivity contribution < 1.29 is 9.63 Å². The van der Waals surface area contributed by atoms with Gasteiger partial charge in [-0.25, -0.2) is 0 Å². The van der Waals surface area contributed by atoms with Crippen LogP contribution in [0.3, 0.4) is 0 Å². The molecule has 5 heteroatoms. The van der Waals surface area contributed by atoms with Crippen molar-refractivity contribution in [2.24, 2.45) is 0 Å². The normalized spacial score (nSPS) is 15.7. The second kappa shape index (κ2) is 7.85. The van der Waals surface area contributed by atoms with E-state index in [1.807, 2.05) is 72.8 Å². The summed E-state index contributed by atoms with van der Waals surface area (Å²) in [5.41, 5.74) is 6.35. The number of pyridine rings is 1. The number of carbonyl (C=O) groups excluding carboxylic acids is 1. The molecule has 0 saturated heterocycles. The zero-order chi connectivity index (χ0) is 18.5. The van der Waals surface area contributed by atoms with Gasteiger partial charge < -0.3 is 4.90 Å². The van der Waals surface area contributed by atoms with Gasteiger partial charge in [-0.15, -0.1) is 0 Å². The Kier molecular flexibility index (Phi) is 4.94. The summed E-state index contributed by atoms with van der Waals surface area (Å²) in [4.78, 5) is 24.6. The number of carbonyl (C=O) groups is 1. The van der Waals surface area contributed by atoms with E-state index >= 15 is 0 Å². The lowest BCUT2D eigenvalue weighted by Crippen LogP contribution is -2.39. The molecule has 2 aromatic carbocycles. The minimum absolute atomic E-state index is 0.128. The van der Waals surface area contributed by atoms with E-state index in [2.05, 4.69) is 10.5 Å². The van der Waals surface area contributed by atoms with Gasteiger partial charge in [-0.1, -0.05) is 48.5 Å². The van der Waals surface area contributed by atoms with Crippen LogP contribution in [0.1, 0.15) is 11.1 Å². The number of anilines is 1. The minimum Gasteiger partial charge on any atom is -0.305 e. The van der Waals surface area contributed by atoms with Crippen molar-refractivity contribution in [1.82, 2.24) is 10.5 Å². The highest BCUT2D eigenvalue weighted by Crippen LogP contribution is 2.23. The van der Waals surface area contributed by atoms with Gasteiger partial charge in [-0.2, -0.15) is 0 Å². The van der Waals surface area contributed by atoms with Crippen LogP contribution < -0.4 is 10.4 Å². The molecule has 3 aromatic rings. The third kappa shape index (κ3) is 3.88. The Labute approximate surface area is 157 Å². The molecule has 1 unspecified atom stereocenters. The largest absolute Gasteiger partial charge is 0.305 e. The molecule has 1 aromatic heterocycles. The van der Waals surface area contributed by atoms with Crippen molar-refractivity contribution in [3.8, 4) is 0 Å². The van der Waals surface area contributed by atoms with Crippen LogP contribution in [0, 0.1) is 0 Å². The summed E-state index contributed by atoms with van der Waals surface area (Å²) in [6.45, 7) is 0.472. The molecule has 0 bridgehead atoms. The van der Waals surface area contributed by atoms with Gasteiger partial charge in [-0.05, 0) is 35.9 Å². The fraction of sp³-hybridized carbons (Fsp3) is 0.0909. The van der Waals surface area contributed by atoms with E-state index in [1.54, 1.807) is 23.4 Å². The first-order valence-corrected chi connectivity index (χ1v) is 8.75. The summed E-state index contributed by atoms with van der Waals surface area (Å²) in [6.07, 6.45) is 4.53. The number of para-hydroxylation sites is 1. The topological polar surface area (TPSA) is 54.5 Å². The number of hydrogen-bond acceptors (Lipinski definition) is 4. The third-order valence-corrected chi connectivity index (χ3v) is 4.35. The number of nitrogens with one attached hydrogen (secondary N) is 1. The molecule has 0 fully saturated rings. The van der Waals surface area contributed by atoms with Crippen LogP contribution >= 0.6 is 0 Å². The summed E-state index contributed by atoms with van der Waals surface area (Å²) in [5, 5.41) is 0. The standard InChI is InChI=1S/C22H19N3O2/c26-22(21-14-20(24-27-21)18-10-7-13-23-15-18)25(19-11-5-2-6-12-19)16-17-8-3-1-4-9-17/h1-15,21,24H,16H2. The number of hydrogen-bond donors (Lipinski definition) is 1. The van der Waals surface area contributed by atoms with Crippen molar-refractivity contribution in [3.05, 3.63) is 102 Å². The predicted octanol–water partition coefficient (Wildman–Crippen LogP) is 3.56. The van der Waals surface area contributed by atoms with Crippen LogP contribution in [-0.2, 0) is 16.2 Å². The Morgan fingerprint density at radius 2 is 1.74 bits per heavy atom. The van der Waals surface area contributed by atoms with Crippen LogP contribution in [0.15, 0.2) is 91.3 Å². The molecular weight excluding hydrogens is 338 g/mol. The molecule has 2 heterocycles. The van der Waals surface area contributed by atoms with E-state index in [9.17, 15) is 4.79 Å². The molecule has 0 radical (unpaired) electrons.